The van der Waals surface area contributed by atoms with Crippen molar-refractivity contribution in [1.29, 1.82) is 0 Å². The molecule has 3 aromatic rings. The van der Waals surface area contributed by atoms with Crippen LogP contribution in [0.2, 0.25) is 5.02 Å². The van der Waals surface area contributed by atoms with E-state index in [9.17, 15) is 14.0 Å². The van der Waals surface area contributed by atoms with E-state index < -0.39 is 11.8 Å². The molecule has 5 rings (SSSR count). The summed E-state index contributed by atoms with van der Waals surface area (Å²) in [5, 5.41) is 9.52. The van der Waals surface area contributed by atoms with E-state index in [0.29, 0.717) is 29.0 Å². The molecule has 2 N–H and O–H groups in total. The van der Waals surface area contributed by atoms with Gasteiger partial charge in [-0.05, 0) is 43.0 Å². The maximum Gasteiger partial charge on any atom is 0.322 e. The standard InChI is InChI=1S/C22H19ClFN5O3/c1-32-14-5-12(9-25-10-14)15-7-17(24)18(8-16(15)23)26-22(31)29-13-2-3-19(29)21-11(4-13)6-20(30)27-28-21/h5-10,13,19H,2-4H2,1H3,(H,26,31)(H,27,30)/t13-,19+/m0/s1. The minimum absolute atomic E-state index is 0.0146. The quantitative estimate of drug-likeness (QED) is 0.623. The van der Waals surface area contributed by atoms with E-state index in [1.807, 2.05) is 0 Å². The molecule has 8 nitrogen and oxygen atoms in total. The smallest absolute Gasteiger partial charge is 0.322 e. The van der Waals surface area contributed by atoms with Gasteiger partial charge in [-0.2, -0.15) is 5.10 Å². The summed E-state index contributed by atoms with van der Waals surface area (Å²) in [7, 11) is 1.51. The lowest BCUT2D eigenvalue weighted by Gasteiger charge is -2.35. The molecule has 2 bridgehead atoms. The van der Waals surface area contributed by atoms with E-state index in [0.717, 1.165) is 18.4 Å². The largest absolute Gasteiger partial charge is 0.495 e. The van der Waals surface area contributed by atoms with Crippen LogP contribution in [0.15, 0.2) is 41.5 Å². The summed E-state index contributed by atoms with van der Waals surface area (Å²) >= 11 is 6.41. The third-order valence-electron chi connectivity index (χ3n) is 5.99. The van der Waals surface area contributed by atoms with Gasteiger partial charge in [0.25, 0.3) is 5.56 Å². The monoisotopic (exact) mass is 455 g/mol. The number of halogens is 2. The Bertz CT molecular complexity index is 1280. The van der Waals surface area contributed by atoms with Crippen molar-refractivity contribution in [3.05, 3.63) is 69.1 Å². The first-order valence-electron chi connectivity index (χ1n) is 10.1. The molecular formula is C22H19ClFN5O3. The van der Waals surface area contributed by atoms with Gasteiger partial charge in [-0.1, -0.05) is 11.6 Å². The number of methoxy groups -OCH3 is 1. The van der Waals surface area contributed by atoms with Gasteiger partial charge >= 0.3 is 6.03 Å². The Labute approximate surface area is 187 Å². The van der Waals surface area contributed by atoms with E-state index in [-0.39, 0.29) is 28.4 Å². The number of aromatic amines is 1. The Morgan fingerprint density at radius 3 is 2.94 bits per heavy atom. The maximum absolute atomic E-state index is 14.9. The second-order valence-corrected chi connectivity index (χ2v) is 8.26. The molecule has 1 fully saturated rings. The number of nitrogens with zero attached hydrogens (tertiary/aromatic N) is 3. The van der Waals surface area contributed by atoms with Crippen molar-refractivity contribution in [3.8, 4) is 16.9 Å². The van der Waals surface area contributed by atoms with Crippen molar-refractivity contribution in [2.75, 3.05) is 12.4 Å². The minimum Gasteiger partial charge on any atom is -0.495 e. The number of aromatic nitrogens is 3. The lowest BCUT2D eigenvalue weighted by molar-refractivity contribution is 0.177. The van der Waals surface area contributed by atoms with Crippen LogP contribution in [0.5, 0.6) is 5.75 Å². The number of hydrogen-bond acceptors (Lipinski definition) is 5. The highest BCUT2D eigenvalue weighted by molar-refractivity contribution is 6.33. The van der Waals surface area contributed by atoms with Crippen LogP contribution in [0.25, 0.3) is 11.1 Å². The lowest BCUT2D eigenvalue weighted by atomic mass is 9.99. The average molecular weight is 456 g/mol. The van der Waals surface area contributed by atoms with Crippen LogP contribution >= 0.6 is 11.6 Å². The minimum atomic E-state index is -0.618. The van der Waals surface area contributed by atoms with Crippen molar-refractivity contribution in [1.82, 2.24) is 20.1 Å². The van der Waals surface area contributed by atoms with Crippen molar-refractivity contribution in [3.63, 3.8) is 0 Å². The Morgan fingerprint density at radius 1 is 1.28 bits per heavy atom. The average Bonchev–Trinajstić information content (AvgIpc) is 3.11. The van der Waals surface area contributed by atoms with E-state index in [1.165, 1.54) is 31.5 Å². The number of rotatable bonds is 3. The zero-order chi connectivity index (χ0) is 22.4. The van der Waals surface area contributed by atoms with Crippen LogP contribution in [-0.2, 0) is 6.42 Å². The van der Waals surface area contributed by atoms with Crippen LogP contribution in [0.3, 0.4) is 0 Å². The van der Waals surface area contributed by atoms with Crippen LogP contribution in [-0.4, -0.2) is 39.3 Å². The highest BCUT2D eigenvalue weighted by Gasteiger charge is 2.44. The number of hydrogen-bond donors (Lipinski definition) is 2. The van der Waals surface area contributed by atoms with Crippen molar-refractivity contribution >= 4 is 23.3 Å². The van der Waals surface area contributed by atoms with Crippen LogP contribution in [0.1, 0.15) is 30.1 Å². The molecule has 2 amide bonds. The summed E-state index contributed by atoms with van der Waals surface area (Å²) < 4.78 is 20.1. The predicted molar refractivity (Wildman–Crippen MR) is 116 cm³/mol. The SMILES string of the molecule is COc1cncc(-c2cc(F)c(NC(=O)N3[C@H]4CC[C@@H]3c3n[nH]c(=O)cc3C4)cc2Cl)c1. The molecule has 0 unspecified atom stereocenters. The number of amides is 2. The van der Waals surface area contributed by atoms with Gasteiger partial charge in [-0.15, -0.1) is 0 Å². The van der Waals surface area contributed by atoms with Crippen LogP contribution in [0.4, 0.5) is 14.9 Å². The highest BCUT2D eigenvalue weighted by atomic mass is 35.5. The predicted octanol–water partition coefficient (Wildman–Crippen LogP) is 3.93. The molecule has 0 spiro atoms. The van der Waals surface area contributed by atoms with E-state index in [1.54, 1.807) is 17.2 Å². The topological polar surface area (TPSA) is 100 Å². The van der Waals surface area contributed by atoms with E-state index in [2.05, 4.69) is 20.5 Å². The molecule has 0 aliphatic carbocycles. The third-order valence-corrected chi connectivity index (χ3v) is 6.30. The summed E-state index contributed by atoms with van der Waals surface area (Å²) in [6, 6.07) is 5.13. The number of carbonyl (C=O) groups excluding carboxylic acids is 1. The number of nitrogens with one attached hydrogen (secondary N) is 2. The molecule has 4 heterocycles. The summed E-state index contributed by atoms with van der Waals surface area (Å²) in [6.07, 6.45) is 5.16. The normalized spacial score (nSPS) is 18.9. The van der Waals surface area contributed by atoms with Gasteiger partial charge in [0.05, 0.1) is 35.8 Å². The fourth-order valence-corrected chi connectivity index (χ4v) is 4.81. The fourth-order valence-electron chi connectivity index (χ4n) is 4.54. The highest BCUT2D eigenvalue weighted by Crippen LogP contribution is 2.42. The molecule has 164 valence electrons. The molecule has 2 aromatic heterocycles. The number of fused-ring (bicyclic) bond motifs is 4. The molecule has 32 heavy (non-hydrogen) atoms. The van der Waals surface area contributed by atoms with Gasteiger partial charge < -0.3 is 15.0 Å². The molecule has 2 aliphatic rings. The molecule has 0 saturated carbocycles. The fraction of sp³-hybridized carbons (Fsp3) is 0.273. The molecule has 10 heteroatoms. The zero-order valence-corrected chi connectivity index (χ0v) is 17.8. The second-order valence-electron chi connectivity index (χ2n) is 7.86. The molecular weight excluding hydrogens is 437 g/mol. The summed E-state index contributed by atoms with van der Waals surface area (Å²) in [5.74, 6) is -0.0973. The summed E-state index contributed by atoms with van der Waals surface area (Å²) in [5.41, 5.74) is 2.30. The van der Waals surface area contributed by atoms with E-state index >= 15 is 0 Å². The Balaban J connectivity index is 1.41. The molecule has 2 aliphatic heterocycles. The van der Waals surface area contributed by atoms with Gasteiger partial charge in [0, 0.05) is 29.4 Å². The zero-order valence-electron chi connectivity index (χ0n) is 17.1. The number of carbonyl (C=O) groups is 1. The number of ether oxygens (including phenoxy) is 1. The Kier molecular flexibility index (Phi) is 5.05. The number of H-pyrrole nitrogens is 1. The van der Waals surface area contributed by atoms with E-state index in [4.69, 9.17) is 16.3 Å². The first-order valence-corrected chi connectivity index (χ1v) is 10.5. The third kappa shape index (κ3) is 3.48. The van der Waals surface area contributed by atoms with Gasteiger partial charge in [0.15, 0.2) is 0 Å². The van der Waals surface area contributed by atoms with Crippen molar-refractivity contribution in [2.45, 2.75) is 31.3 Å². The van der Waals surface area contributed by atoms with Crippen LogP contribution in [0, 0.1) is 5.82 Å². The first-order chi connectivity index (χ1) is 15.4. The van der Waals surface area contributed by atoms with Crippen molar-refractivity contribution in [2.24, 2.45) is 0 Å². The van der Waals surface area contributed by atoms with Crippen molar-refractivity contribution < 1.29 is 13.9 Å². The van der Waals surface area contributed by atoms with Gasteiger partial charge in [-0.25, -0.2) is 14.3 Å². The number of pyridine rings is 1. The molecule has 1 aromatic carbocycles. The molecule has 1 saturated heterocycles. The number of anilines is 1. The second kappa shape index (κ2) is 7.90. The Morgan fingerprint density at radius 2 is 2.12 bits per heavy atom. The van der Waals surface area contributed by atoms with Gasteiger partial charge in [0.1, 0.15) is 11.6 Å². The Hall–Kier alpha value is -3.46. The van der Waals surface area contributed by atoms with Gasteiger partial charge in [-0.3, -0.25) is 9.78 Å². The summed E-state index contributed by atoms with van der Waals surface area (Å²) in [4.78, 5) is 30.4. The maximum atomic E-state index is 14.9. The van der Waals surface area contributed by atoms with Gasteiger partial charge in [0.2, 0.25) is 0 Å². The molecule has 2 atom stereocenters. The summed E-state index contributed by atoms with van der Waals surface area (Å²) in [6.45, 7) is 0. The van der Waals surface area contributed by atoms with Crippen LogP contribution < -0.4 is 15.6 Å². The first kappa shape index (κ1) is 20.4. The lowest BCUT2D eigenvalue weighted by Crippen LogP contribution is -2.45. The number of urea groups is 1. The molecule has 0 radical (unpaired) electrons. The number of benzene rings is 1.